The summed E-state index contributed by atoms with van der Waals surface area (Å²) in [5.41, 5.74) is 1.00. The lowest BCUT2D eigenvalue weighted by Gasteiger charge is -2.31. The molecule has 0 aliphatic carbocycles. The van der Waals surface area contributed by atoms with E-state index < -0.39 is 0 Å². The van der Waals surface area contributed by atoms with Gasteiger partial charge in [-0.25, -0.2) is 9.78 Å². The average Bonchev–Trinajstić information content (AvgIpc) is 2.82. The number of nitrogens with one attached hydrogen (secondary N) is 2. The van der Waals surface area contributed by atoms with Crippen LogP contribution in [0.4, 0.5) is 4.79 Å². The molecular weight excluding hydrogens is 232 g/mol. The number of carbonyl (C=O) groups is 1. The fraction of sp³-hybridized carbons (Fsp3) is 0.667. The highest BCUT2D eigenvalue weighted by molar-refractivity contribution is 5.74. The SMILES string of the molecule is COC1CCN(C(=O)NCc2ncc(C)[nH]2)CC1. The van der Waals surface area contributed by atoms with Gasteiger partial charge in [0.05, 0.1) is 12.6 Å². The molecule has 2 heterocycles. The molecule has 1 saturated heterocycles. The molecule has 1 aliphatic heterocycles. The Morgan fingerprint density at radius 3 is 2.89 bits per heavy atom. The van der Waals surface area contributed by atoms with E-state index in [9.17, 15) is 4.79 Å². The molecule has 0 atom stereocenters. The van der Waals surface area contributed by atoms with Gasteiger partial charge in [0.1, 0.15) is 5.82 Å². The normalized spacial score (nSPS) is 16.9. The predicted octanol–water partition coefficient (Wildman–Crippen LogP) is 1.04. The van der Waals surface area contributed by atoms with E-state index in [1.165, 1.54) is 0 Å². The van der Waals surface area contributed by atoms with Gasteiger partial charge in [-0.1, -0.05) is 0 Å². The van der Waals surface area contributed by atoms with E-state index in [1.54, 1.807) is 13.3 Å². The van der Waals surface area contributed by atoms with Gasteiger partial charge < -0.3 is 19.9 Å². The number of imidazole rings is 1. The third-order valence-corrected chi connectivity index (χ3v) is 3.23. The van der Waals surface area contributed by atoms with Crippen LogP contribution in [0.3, 0.4) is 0 Å². The summed E-state index contributed by atoms with van der Waals surface area (Å²) in [7, 11) is 1.72. The summed E-state index contributed by atoms with van der Waals surface area (Å²) < 4.78 is 5.28. The molecule has 0 bridgehead atoms. The smallest absolute Gasteiger partial charge is 0.317 e. The number of aromatic nitrogens is 2. The van der Waals surface area contributed by atoms with Crippen LogP contribution >= 0.6 is 0 Å². The number of carbonyl (C=O) groups excluding carboxylic acids is 1. The summed E-state index contributed by atoms with van der Waals surface area (Å²) in [5, 5.41) is 2.87. The first-order chi connectivity index (χ1) is 8.69. The van der Waals surface area contributed by atoms with Crippen LogP contribution in [0, 0.1) is 6.92 Å². The number of methoxy groups -OCH3 is 1. The molecule has 2 amide bonds. The minimum atomic E-state index is -0.0291. The highest BCUT2D eigenvalue weighted by atomic mass is 16.5. The first-order valence-corrected chi connectivity index (χ1v) is 6.25. The van der Waals surface area contributed by atoms with Crippen molar-refractivity contribution in [2.24, 2.45) is 0 Å². The molecule has 0 unspecified atom stereocenters. The van der Waals surface area contributed by atoms with Crippen LogP contribution in [-0.4, -0.2) is 47.2 Å². The first-order valence-electron chi connectivity index (χ1n) is 6.25. The van der Waals surface area contributed by atoms with Crippen LogP contribution in [-0.2, 0) is 11.3 Å². The van der Waals surface area contributed by atoms with Gasteiger partial charge >= 0.3 is 6.03 Å². The highest BCUT2D eigenvalue weighted by Gasteiger charge is 2.22. The molecule has 2 rings (SSSR count). The number of nitrogens with zero attached hydrogens (tertiary/aromatic N) is 2. The van der Waals surface area contributed by atoms with Gasteiger partial charge in [0, 0.05) is 32.1 Å². The largest absolute Gasteiger partial charge is 0.381 e. The zero-order chi connectivity index (χ0) is 13.0. The molecule has 0 aromatic carbocycles. The van der Waals surface area contributed by atoms with Crippen LogP contribution in [0.2, 0.25) is 0 Å². The summed E-state index contributed by atoms with van der Waals surface area (Å²) in [6.45, 7) is 3.88. The van der Waals surface area contributed by atoms with Gasteiger partial charge in [-0.3, -0.25) is 0 Å². The number of hydrogen-bond donors (Lipinski definition) is 2. The van der Waals surface area contributed by atoms with Gasteiger partial charge in [-0.05, 0) is 19.8 Å². The maximum atomic E-state index is 11.9. The second kappa shape index (κ2) is 5.86. The molecule has 18 heavy (non-hydrogen) atoms. The van der Waals surface area contributed by atoms with Gasteiger partial charge in [0.25, 0.3) is 0 Å². The number of urea groups is 1. The monoisotopic (exact) mass is 252 g/mol. The van der Waals surface area contributed by atoms with E-state index in [4.69, 9.17) is 4.74 Å². The molecule has 1 aromatic heterocycles. The van der Waals surface area contributed by atoms with E-state index in [1.807, 2.05) is 11.8 Å². The van der Waals surface area contributed by atoms with E-state index in [2.05, 4.69) is 15.3 Å². The predicted molar refractivity (Wildman–Crippen MR) is 67.2 cm³/mol. The van der Waals surface area contributed by atoms with Crippen molar-refractivity contribution in [3.8, 4) is 0 Å². The molecule has 0 spiro atoms. The Morgan fingerprint density at radius 1 is 1.61 bits per heavy atom. The number of aromatic amines is 1. The highest BCUT2D eigenvalue weighted by Crippen LogP contribution is 2.12. The van der Waals surface area contributed by atoms with Crippen molar-refractivity contribution in [3.63, 3.8) is 0 Å². The summed E-state index contributed by atoms with van der Waals surface area (Å²) in [5.74, 6) is 0.785. The average molecular weight is 252 g/mol. The fourth-order valence-electron chi connectivity index (χ4n) is 2.12. The maximum absolute atomic E-state index is 11.9. The maximum Gasteiger partial charge on any atom is 0.317 e. The molecule has 6 heteroatoms. The van der Waals surface area contributed by atoms with Crippen molar-refractivity contribution in [2.45, 2.75) is 32.4 Å². The lowest BCUT2D eigenvalue weighted by atomic mass is 10.1. The van der Waals surface area contributed by atoms with Crippen molar-refractivity contribution in [1.29, 1.82) is 0 Å². The van der Waals surface area contributed by atoms with Crippen molar-refractivity contribution >= 4 is 6.03 Å². The standard InChI is InChI=1S/C12H20N4O2/c1-9-7-13-11(15-9)8-14-12(17)16-5-3-10(18-2)4-6-16/h7,10H,3-6,8H2,1-2H3,(H,13,15)(H,14,17). The lowest BCUT2D eigenvalue weighted by Crippen LogP contribution is -2.45. The van der Waals surface area contributed by atoms with E-state index in [0.29, 0.717) is 12.6 Å². The molecule has 0 saturated carbocycles. The number of aryl methyl sites for hydroxylation is 1. The molecule has 100 valence electrons. The van der Waals surface area contributed by atoms with Crippen molar-refractivity contribution < 1.29 is 9.53 Å². The van der Waals surface area contributed by atoms with Gasteiger partial charge in [-0.15, -0.1) is 0 Å². The number of piperidine rings is 1. The molecule has 6 nitrogen and oxygen atoms in total. The number of hydrogen-bond acceptors (Lipinski definition) is 3. The van der Waals surface area contributed by atoms with Crippen LogP contribution in [0.1, 0.15) is 24.4 Å². The van der Waals surface area contributed by atoms with E-state index in [0.717, 1.165) is 37.4 Å². The van der Waals surface area contributed by atoms with E-state index >= 15 is 0 Å². The Labute approximate surface area is 107 Å². The summed E-state index contributed by atoms with van der Waals surface area (Å²) in [4.78, 5) is 21.0. The first kappa shape index (κ1) is 12.9. The number of H-pyrrole nitrogens is 1. The van der Waals surface area contributed by atoms with Crippen LogP contribution < -0.4 is 5.32 Å². The molecular formula is C12H20N4O2. The second-order valence-electron chi connectivity index (χ2n) is 4.59. The molecule has 1 aliphatic rings. The van der Waals surface area contributed by atoms with Crippen molar-refractivity contribution in [2.75, 3.05) is 20.2 Å². The zero-order valence-electron chi connectivity index (χ0n) is 10.9. The Kier molecular flexibility index (Phi) is 4.19. The Balaban J connectivity index is 1.75. The van der Waals surface area contributed by atoms with Crippen LogP contribution in [0.25, 0.3) is 0 Å². The van der Waals surface area contributed by atoms with E-state index in [-0.39, 0.29) is 6.03 Å². The Bertz CT molecular complexity index is 397. The quantitative estimate of drug-likeness (QED) is 0.844. The number of rotatable bonds is 3. The van der Waals surface area contributed by atoms with Crippen LogP contribution in [0.5, 0.6) is 0 Å². The zero-order valence-corrected chi connectivity index (χ0v) is 10.9. The molecule has 2 N–H and O–H groups in total. The minimum absolute atomic E-state index is 0.0291. The van der Waals surface area contributed by atoms with Crippen molar-refractivity contribution in [1.82, 2.24) is 20.2 Å². The number of amides is 2. The molecule has 1 aromatic rings. The molecule has 0 radical (unpaired) electrons. The fourth-order valence-corrected chi connectivity index (χ4v) is 2.12. The van der Waals surface area contributed by atoms with Gasteiger partial charge in [-0.2, -0.15) is 0 Å². The third-order valence-electron chi connectivity index (χ3n) is 3.23. The van der Waals surface area contributed by atoms with Gasteiger partial charge in [0.15, 0.2) is 0 Å². The lowest BCUT2D eigenvalue weighted by molar-refractivity contribution is 0.0503. The minimum Gasteiger partial charge on any atom is -0.381 e. The van der Waals surface area contributed by atoms with Crippen molar-refractivity contribution in [3.05, 3.63) is 17.7 Å². The van der Waals surface area contributed by atoms with Crippen LogP contribution in [0.15, 0.2) is 6.20 Å². The number of ether oxygens (including phenoxy) is 1. The molecule has 1 fully saturated rings. The Morgan fingerprint density at radius 2 is 2.33 bits per heavy atom. The Hall–Kier alpha value is -1.56. The number of likely N-dealkylation sites (tertiary alicyclic amines) is 1. The van der Waals surface area contributed by atoms with Gasteiger partial charge in [0.2, 0.25) is 0 Å². The summed E-state index contributed by atoms with van der Waals surface area (Å²) in [6.07, 6.45) is 3.86. The summed E-state index contributed by atoms with van der Waals surface area (Å²) >= 11 is 0. The third kappa shape index (κ3) is 3.22. The summed E-state index contributed by atoms with van der Waals surface area (Å²) in [6, 6.07) is -0.0291. The topological polar surface area (TPSA) is 70.2 Å². The second-order valence-corrected chi connectivity index (χ2v) is 4.59.